The molecule has 1 atom stereocenters. The van der Waals surface area contributed by atoms with Crippen LogP contribution >= 0.6 is 12.2 Å². The maximum Gasteiger partial charge on any atom is 0.259 e. The van der Waals surface area contributed by atoms with Gasteiger partial charge >= 0.3 is 0 Å². The SMILES string of the molecule is Cc1cc(N2C(=O)C(C)(C)N(c3ccc(C(=O)NCCOCCOCCOc4ccc5occ(C6CCC(=O)NC6=O)c5c4)c(F)c3)C2=S)ccc1C#N. The van der Waals surface area contributed by atoms with Gasteiger partial charge in [0, 0.05) is 29.6 Å². The fraction of sp³-hybridized carbons (Fsp3) is 0.333. The first-order chi connectivity index (χ1) is 25.9. The Hall–Kier alpha value is -5.69. The summed E-state index contributed by atoms with van der Waals surface area (Å²) in [7, 11) is 0. The van der Waals surface area contributed by atoms with Crippen LogP contribution in [0, 0.1) is 24.1 Å². The van der Waals surface area contributed by atoms with Gasteiger partial charge in [-0.15, -0.1) is 0 Å². The molecule has 2 saturated heterocycles. The number of benzene rings is 3. The van der Waals surface area contributed by atoms with E-state index in [1.54, 1.807) is 74.4 Å². The predicted molar refractivity (Wildman–Crippen MR) is 200 cm³/mol. The minimum atomic E-state index is -1.15. The number of nitrogens with zero attached hydrogens (tertiary/aromatic N) is 3. The van der Waals surface area contributed by atoms with Gasteiger partial charge in [-0.2, -0.15) is 5.26 Å². The Morgan fingerprint density at radius 2 is 1.78 bits per heavy atom. The molecule has 2 fully saturated rings. The van der Waals surface area contributed by atoms with Crippen molar-refractivity contribution in [2.24, 2.45) is 0 Å². The molecule has 15 heteroatoms. The van der Waals surface area contributed by atoms with E-state index in [1.165, 1.54) is 17.0 Å². The van der Waals surface area contributed by atoms with E-state index in [0.29, 0.717) is 52.4 Å². The lowest BCUT2D eigenvalue weighted by atomic mass is 9.90. The van der Waals surface area contributed by atoms with Crippen molar-refractivity contribution < 1.29 is 42.2 Å². The van der Waals surface area contributed by atoms with Gasteiger partial charge in [0.15, 0.2) is 5.11 Å². The van der Waals surface area contributed by atoms with E-state index in [2.05, 4.69) is 16.7 Å². The highest BCUT2D eigenvalue weighted by Gasteiger charge is 2.50. The molecule has 13 nitrogen and oxygen atoms in total. The lowest BCUT2D eigenvalue weighted by Crippen LogP contribution is -2.44. The van der Waals surface area contributed by atoms with Gasteiger partial charge in [0.2, 0.25) is 11.8 Å². The molecule has 6 rings (SSSR count). The summed E-state index contributed by atoms with van der Waals surface area (Å²) < 4.78 is 37.8. The Morgan fingerprint density at radius 1 is 1.04 bits per heavy atom. The zero-order valence-electron chi connectivity index (χ0n) is 29.9. The molecule has 3 heterocycles. The number of anilines is 2. The summed E-state index contributed by atoms with van der Waals surface area (Å²) in [6, 6.07) is 16.5. The van der Waals surface area contributed by atoms with Crippen molar-refractivity contribution in [2.75, 3.05) is 49.4 Å². The average Bonchev–Trinajstić information content (AvgIpc) is 3.62. The summed E-state index contributed by atoms with van der Waals surface area (Å²) in [5, 5.41) is 15.2. The summed E-state index contributed by atoms with van der Waals surface area (Å²) in [5.74, 6) is -2.21. The van der Waals surface area contributed by atoms with E-state index < -0.39 is 23.2 Å². The maximum atomic E-state index is 15.3. The van der Waals surface area contributed by atoms with Gasteiger partial charge in [0.05, 0.1) is 61.5 Å². The summed E-state index contributed by atoms with van der Waals surface area (Å²) >= 11 is 5.68. The van der Waals surface area contributed by atoms with Crippen molar-refractivity contribution in [3.8, 4) is 11.8 Å². The number of nitriles is 1. The lowest BCUT2D eigenvalue weighted by Gasteiger charge is -2.29. The number of rotatable bonds is 14. The number of nitrogens with one attached hydrogen (secondary N) is 2. The molecule has 1 aromatic heterocycles. The fourth-order valence-corrected chi connectivity index (χ4v) is 6.97. The molecule has 3 aromatic carbocycles. The van der Waals surface area contributed by atoms with Crippen molar-refractivity contribution in [2.45, 2.75) is 45.1 Å². The molecule has 0 aliphatic carbocycles. The zero-order chi connectivity index (χ0) is 38.6. The number of fused-ring (bicyclic) bond motifs is 1. The quantitative estimate of drug-likeness (QED) is 0.101. The molecular formula is C39H38FN5O8S. The topological polar surface area (TPSA) is 163 Å². The van der Waals surface area contributed by atoms with E-state index in [9.17, 15) is 24.4 Å². The highest BCUT2D eigenvalue weighted by molar-refractivity contribution is 7.81. The molecule has 54 heavy (non-hydrogen) atoms. The van der Waals surface area contributed by atoms with Crippen LogP contribution in [0.25, 0.3) is 11.0 Å². The number of ether oxygens (including phenoxy) is 3. The minimum Gasteiger partial charge on any atom is -0.491 e. The van der Waals surface area contributed by atoms with E-state index in [0.717, 1.165) is 5.39 Å². The Labute approximate surface area is 315 Å². The first-order valence-corrected chi connectivity index (χ1v) is 17.7. The van der Waals surface area contributed by atoms with Crippen LogP contribution in [0.4, 0.5) is 15.8 Å². The van der Waals surface area contributed by atoms with Gasteiger partial charge in [-0.05, 0) is 99.6 Å². The van der Waals surface area contributed by atoms with Crippen molar-refractivity contribution in [3.63, 3.8) is 0 Å². The number of piperidine rings is 1. The smallest absolute Gasteiger partial charge is 0.259 e. The van der Waals surface area contributed by atoms with Crippen LogP contribution in [0.3, 0.4) is 0 Å². The molecule has 280 valence electrons. The number of carbonyl (C=O) groups is 4. The summed E-state index contributed by atoms with van der Waals surface area (Å²) in [5.41, 5.74) is 1.99. The summed E-state index contributed by atoms with van der Waals surface area (Å²) in [4.78, 5) is 53.0. The number of aryl methyl sites for hydroxylation is 1. The third kappa shape index (κ3) is 7.81. The van der Waals surface area contributed by atoms with Crippen molar-refractivity contribution in [3.05, 3.63) is 88.9 Å². The number of hydrogen-bond acceptors (Lipinski definition) is 10. The minimum absolute atomic E-state index is 0.136. The van der Waals surface area contributed by atoms with E-state index in [1.807, 2.05) is 0 Å². The number of furan rings is 1. The summed E-state index contributed by atoms with van der Waals surface area (Å²) in [6.07, 6.45) is 2.23. The molecule has 2 N–H and O–H groups in total. The van der Waals surface area contributed by atoms with Gasteiger partial charge in [-0.25, -0.2) is 4.39 Å². The van der Waals surface area contributed by atoms with Crippen LogP contribution in [0.1, 0.15) is 59.7 Å². The number of halogens is 1. The molecule has 0 saturated carbocycles. The highest BCUT2D eigenvalue weighted by atomic mass is 32.1. The molecule has 0 spiro atoms. The monoisotopic (exact) mass is 755 g/mol. The molecule has 2 aliphatic rings. The Morgan fingerprint density at radius 3 is 2.50 bits per heavy atom. The lowest BCUT2D eigenvalue weighted by molar-refractivity contribution is -0.134. The standard InChI is InChI=1S/C39H38FN5O8S/c1-23-18-25(5-4-24(23)21-41)44-37(49)39(2,3)45(38(44)54)26-6-8-29(32(40)19-26)35(47)42-12-13-50-14-15-51-16-17-52-27-7-10-33-30(20-27)31(22-53-33)28-9-11-34(46)43-36(28)48/h4-8,10,18-20,22,28H,9,11-17H2,1-3H3,(H,42,47)(H,43,46,48). The van der Waals surface area contributed by atoms with Gasteiger partial charge in [0.1, 0.15) is 29.3 Å². The van der Waals surface area contributed by atoms with Crippen LogP contribution in [0.15, 0.2) is 65.3 Å². The number of carbonyl (C=O) groups excluding carboxylic acids is 4. The highest BCUT2D eigenvalue weighted by Crippen LogP contribution is 2.38. The number of hydrogen-bond donors (Lipinski definition) is 2. The van der Waals surface area contributed by atoms with Gasteiger partial charge in [-0.1, -0.05) is 0 Å². The second-order valence-corrected chi connectivity index (χ2v) is 13.6. The van der Waals surface area contributed by atoms with Crippen molar-refractivity contribution in [1.29, 1.82) is 5.26 Å². The van der Waals surface area contributed by atoms with Crippen LogP contribution in [0.2, 0.25) is 0 Å². The molecular weight excluding hydrogens is 718 g/mol. The molecule has 4 aromatic rings. The third-order valence-electron chi connectivity index (χ3n) is 9.30. The van der Waals surface area contributed by atoms with Crippen LogP contribution in [-0.4, -0.2) is 73.9 Å². The average molecular weight is 756 g/mol. The summed E-state index contributed by atoms with van der Waals surface area (Å²) in [6.45, 7) is 6.55. The first-order valence-electron chi connectivity index (χ1n) is 17.3. The van der Waals surface area contributed by atoms with Crippen molar-refractivity contribution in [1.82, 2.24) is 10.6 Å². The van der Waals surface area contributed by atoms with Crippen LogP contribution < -0.4 is 25.2 Å². The number of amides is 4. The molecule has 2 aliphatic heterocycles. The van der Waals surface area contributed by atoms with Gasteiger partial charge in [0.25, 0.3) is 11.8 Å². The Kier molecular flexibility index (Phi) is 11.4. The van der Waals surface area contributed by atoms with Crippen LogP contribution in [-0.2, 0) is 23.9 Å². The Bertz CT molecular complexity index is 2180. The second kappa shape index (κ2) is 16.1. The fourth-order valence-electron chi connectivity index (χ4n) is 6.45. The van der Waals surface area contributed by atoms with Gasteiger partial charge < -0.3 is 28.8 Å². The van der Waals surface area contributed by atoms with E-state index in [-0.39, 0.29) is 67.8 Å². The van der Waals surface area contributed by atoms with Gasteiger partial charge in [-0.3, -0.25) is 29.4 Å². The van der Waals surface area contributed by atoms with Crippen molar-refractivity contribution >= 4 is 63.3 Å². The predicted octanol–water partition coefficient (Wildman–Crippen LogP) is 5.03. The Balaban J connectivity index is 0.912. The maximum absolute atomic E-state index is 15.3. The molecule has 0 radical (unpaired) electrons. The largest absolute Gasteiger partial charge is 0.491 e. The second-order valence-electron chi connectivity index (χ2n) is 13.3. The molecule has 1 unspecified atom stereocenters. The van der Waals surface area contributed by atoms with E-state index >= 15 is 4.39 Å². The molecule has 4 amide bonds. The van der Waals surface area contributed by atoms with E-state index in [4.69, 9.17) is 30.8 Å². The normalized spacial score (nSPS) is 16.8. The number of thiocarbonyl (C=S) groups is 1. The first kappa shape index (κ1) is 38.0. The molecule has 0 bridgehead atoms. The zero-order valence-corrected chi connectivity index (χ0v) is 30.7. The van der Waals surface area contributed by atoms with Crippen LogP contribution in [0.5, 0.6) is 5.75 Å². The third-order valence-corrected chi connectivity index (χ3v) is 9.67. The number of imide groups is 1.